The Balaban J connectivity index is 1.75. The number of amides is 1. The Morgan fingerprint density at radius 3 is 2.94 bits per heavy atom. The zero-order valence-electron chi connectivity index (χ0n) is 10.6. The smallest absolute Gasteiger partial charge is 0.271 e. The molecular weight excluding hydrogens is 230 g/mol. The van der Waals surface area contributed by atoms with Gasteiger partial charge in [-0.05, 0) is 25.5 Å². The van der Waals surface area contributed by atoms with E-state index < -0.39 is 0 Å². The highest BCUT2D eigenvalue weighted by molar-refractivity contribution is 5.92. The summed E-state index contributed by atoms with van der Waals surface area (Å²) in [4.78, 5) is 11.8. The number of hydrogen-bond donors (Lipinski definition) is 1. The standard InChI is InChI=1S/C12H17N5O/c1-10-9-11(15-16(10)2)12(18)13-5-3-7-17-8-4-6-14-17/h4,6,8-9H,3,5,7H2,1-2H3,(H,13,18). The highest BCUT2D eigenvalue weighted by atomic mass is 16.1. The van der Waals surface area contributed by atoms with Crippen molar-refractivity contribution >= 4 is 5.91 Å². The maximum Gasteiger partial charge on any atom is 0.271 e. The van der Waals surface area contributed by atoms with Gasteiger partial charge < -0.3 is 5.32 Å². The van der Waals surface area contributed by atoms with Gasteiger partial charge in [0.25, 0.3) is 5.91 Å². The maximum atomic E-state index is 11.8. The van der Waals surface area contributed by atoms with E-state index in [1.165, 1.54) is 0 Å². The summed E-state index contributed by atoms with van der Waals surface area (Å²) in [6.45, 7) is 3.34. The van der Waals surface area contributed by atoms with Gasteiger partial charge in [0.05, 0.1) is 0 Å². The molecule has 2 heterocycles. The Hall–Kier alpha value is -2.11. The molecule has 6 heteroatoms. The fraction of sp³-hybridized carbons (Fsp3) is 0.417. The second-order valence-electron chi connectivity index (χ2n) is 4.17. The van der Waals surface area contributed by atoms with E-state index in [0.717, 1.165) is 18.7 Å². The number of rotatable bonds is 5. The lowest BCUT2D eigenvalue weighted by atomic mass is 10.3. The first kappa shape index (κ1) is 12.3. The van der Waals surface area contributed by atoms with E-state index in [9.17, 15) is 4.79 Å². The molecule has 0 spiro atoms. The van der Waals surface area contributed by atoms with Crippen molar-refractivity contribution in [2.75, 3.05) is 6.54 Å². The van der Waals surface area contributed by atoms with E-state index in [1.807, 2.05) is 30.9 Å². The van der Waals surface area contributed by atoms with Crippen LogP contribution in [0.1, 0.15) is 22.6 Å². The average molecular weight is 247 g/mol. The van der Waals surface area contributed by atoms with E-state index in [0.29, 0.717) is 12.2 Å². The first-order chi connectivity index (χ1) is 8.66. The molecule has 0 saturated heterocycles. The number of carbonyl (C=O) groups is 1. The molecule has 0 fully saturated rings. The minimum absolute atomic E-state index is 0.126. The van der Waals surface area contributed by atoms with Crippen molar-refractivity contribution in [1.82, 2.24) is 24.9 Å². The fourth-order valence-corrected chi connectivity index (χ4v) is 1.64. The van der Waals surface area contributed by atoms with E-state index in [1.54, 1.807) is 16.9 Å². The topological polar surface area (TPSA) is 64.7 Å². The summed E-state index contributed by atoms with van der Waals surface area (Å²) in [7, 11) is 1.82. The fourth-order valence-electron chi connectivity index (χ4n) is 1.64. The van der Waals surface area contributed by atoms with Gasteiger partial charge in [-0.25, -0.2) is 0 Å². The van der Waals surface area contributed by atoms with Gasteiger partial charge in [-0.3, -0.25) is 14.2 Å². The zero-order chi connectivity index (χ0) is 13.0. The summed E-state index contributed by atoms with van der Waals surface area (Å²) in [5.41, 5.74) is 1.44. The van der Waals surface area contributed by atoms with Crippen LogP contribution in [-0.4, -0.2) is 32.0 Å². The Kier molecular flexibility index (Phi) is 3.76. The predicted molar refractivity (Wildman–Crippen MR) is 67.1 cm³/mol. The minimum atomic E-state index is -0.126. The minimum Gasteiger partial charge on any atom is -0.351 e. The second-order valence-corrected chi connectivity index (χ2v) is 4.17. The van der Waals surface area contributed by atoms with Gasteiger partial charge >= 0.3 is 0 Å². The van der Waals surface area contributed by atoms with Crippen LogP contribution < -0.4 is 5.32 Å². The third-order valence-electron chi connectivity index (χ3n) is 2.76. The molecule has 1 N–H and O–H groups in total. The molecule has 96 valence electrons. The maximum absolute atomic E-state index is 11.8. The molecule has 0 bridgehead atoms. The Bertz CT molecular complexity index is 495. The van der Waals surface area contributed by atoms with Crippen molar-refractivity contribution in [3.8, 4) is 0 Å². The van der Waals surface area contributed by atoms with Crippen LogP contribution in [0.25, 0.3) is 0 Å². The highest BCUT2D eigenvalue weighted by Gasteiger charge is 2.09. The van der Waals surface area contributed by atoms with Gasteiger partial charge in [-0.15, -0.1) is 0 Å². The van der Waals surface area contributed by atoms with Crippen molar-refractivity contribution in [3.05, 3.63) is 35.9 Å². The lowest BCUT2D eigenvalue weighted by Crippen LogP contribution is -2.25. The molecule has 2 rings (SSSR count). The number of aromatic nitrogens is 4. The number of nitrogens with one attached hydrogen (secondary N) is 1. The Morgan fingerprint density at radius 2 is 2.33 bits per heavy atom. The van der Waals surface area contributed by atoms with Gasteiger partial charge in [0.15, 0.2) is 0 Å². The number of nitrogens with zero attached hydrogens (tertiary/aromatic N) is 4. The molecule has 0 atom stereocenters. The average Bonchev–Trinajstić information content (AvgIpc) is 2.96. The molecule has 1 amide bonds. The molecule has 0 aromatic carbocycles. The van der Waals surface area contributed by atoms with E-state index in [-0.39, 0.29) is 5.91 Å². The van der Waals surface area contributed by atoms with E-state index in [2.05, 4.69) is 15.5 Å². The van der Waals surface area contributed by atoms with Gasteiger partial charge in [0, 0.05) is 38.2 Å². The molecule has 18 heavy (non-hydrogen) atoms. The molecule has 2 aromatic rings. The van der Waals surface area contributed by atoms with Gasteiger partial charge in [-0.2, -0.15) is 10.2 Å². The van der Waals surface area contributed by atoms with Crippen LogP contribution in [0, 0.1) is 6.92 Å². The molecule has 2 aromatic heterocycles. The van der Waals surface area contributed by atoms with Crippen LogP contribution in [0.3, 0.4) is 0 Å². The van der Waals surface area contributed by atoms with Crippen LogP contribution in [-0.2, 0) is 13.6 Å². The largest absolute Gasteiger partial charge is 0.351 e. The summed E-state index contributed by atoms with van der Waals surface area (Å²) in [5, 5.41) is 11.1. The van der Waals surface area contributed by atoms with E-state index in [4.69, 9.17) is 0 Å². The summed E-state index contributed by atoms with van der Waals surface area (Å²) in [6, 6.07) is 3.66. The van der Waals surface area contributed by atoms with Crippen LogP contribution in [0.2, 0.25) is 0 Å². The van der Waals surface area contributed by atoms with Gasteiger partial charge in [-0.1, -0.05) is 0 Å². The summed E-state index contributed by atoms with van der Waals surface area (Å²) < 4.78 is 3.54. The Morgan fingerprint density at radius 1 is 1.50 bits per heavy atom. The first-order valence-electron chi connectivity index (χ1n) is 5.93. The second kappa shape index (κ2) is 5.48. The molecule has 6 nitrogen and oxygen atoms in total. The normalized spacial score (nSPS) is 10.6. The van der Waals surface area contributed by atoms with Crippen molar-refractivity contribution in [2.45, 2.75) is 19.9 Å². The third-order valence-corrected chi connectivity index (χ3v) is 2.76. The summed E-state index contributed by atoms with van der Waals surface area (Å²) >= 11 is 0. The number of aryl methyl sites for hydroxylation is 3. The SMILES string of the molecule is Cc1cc(C(=O)NCCCn2cccn2)nn1C. The lowest BCUT2D eigenvalue weighted by Gasteiger charge is -2.03. The zero-order valence-corrected chi connectivity index (χ0v) is 10.6. The molecule has 0 aliphatic carbocycles. The van der Waals surface area contributed by atoms with Crippen LogP contribution in [0.5, 0.6) is 0 Å². The lowest BCUT2D eigenvalue weighted by molar-refractivity contribution is 0.0947. The quantitative estimate of drug-likeness (QED) is 0.793. The monoisotopic (exact) mass is 247 g/mol. The molecule has 0 aliphatic heterocycles. The highest BCUT2D eigenvalue weighted by Crippen LogP contribution is 2.00. The first-order valence-corrected chi connectivity index (χ1v) is 5.93. The number of hydrogen-bond acceptors (Lipinski definition) is 3. The third kappa shape index (κ3) is 2.97. The molecular formula is C12H17N5O. The predicted octanol–water partition coefficient (Wildman–Crippen LogP) is 0.745. The summed E-state index contributed by atoms with van der Waals surface area (Å²) in [5.74, 6) is -0.126. The van der Waals surface area contributed by atoms with Gasteiger partial charge in [0.2, 0.25) is 0 Å². The van der Waals surface area contributed by atoms with Crippen molar-refractivity contribution < 1.29 is 4.79 Å². The van der Waals surface area contributed by atoms with Crippen LogP contribution >= 0.6 is 0 Å². The van der Waals surface area contributed by atoms with Crippen LogP contribution in [0.15, 0.2) is 24.5 Å². The number of carbonyl (C=O) groups excluding carboxylic acids is 1. The molecule has 0 aliphatic rings. The van der Waals surface area contributed by atoms with Crippen molar-refractivity contribution in [2.24, 2.45) is 7.05 Å². The molecule has 0 unspecified atom stereocenters. The van der Waals surface area contributed by atoms with Gasteiger partial charge in [0.1, 0.15) is 5.69 Å². The molecule has 0 radical (unpaired) electrons. The van der Waals surface area contributed by atoms with Crippen molar-refractivity contribution in [1.29, 1.82) is 0 Å². The Labute approximate surface area is 106 Å². The van der Waals surface area contributed by atoms with Crippen LogP contribution in [0.4, 0.5) is 0 Å². The van der Waals surface area contributed by atoms with Crippen molar-refractivity contribution in [3.63, 3.8) is 0 Å². The summed E-state index contributed by atoms with van der Waals surface area (Å²) in [6.07, 6.45) is 4.50. The van der Waals surface area contributed by atoms with E-state index >= 15 is 0 Å². The molecule has 0 saturated carbocycles.